The second kappa shape index (κ2) is 5.52. The average molecular weight is 321 g/mol. The van der Waals surface area contributed by atoms with Crippen molar-refractivity contribution < 1.29 is 14.6 Å². The fraction of sp³-hybridized carbons (Fsp3) is 0.571. The van der Waals surface area contributed by atoms with Crippen molar-refractivity contribution in [3.63, 3.8) is 0 Å². The van der Waals surface area contributed by atoms with E-state index in [0.29, 0.717) is 5.95 Å². The lowest BCUT2D eigenvalue weighted by Crippen LogP contribution is -2.26. The predicted octanol–water partition coefficient (Wildman–Crippen LogP) is -0.0360. The van der Waals surface area contributed by atoms with Crippen LogP contribution in [0.1, 0.15) is 25.6 Å². The van der Waals surface area contributed by atoms with E-state index in [1.54, 1.807) is 32.8 Å². The number of aromatic nitrogens is 4. The van der Waals surface area contributed by atoms with E-state index in [9.17, 15) is 9.90 Å². The molecule has 1 fully saturated rings. The third-order valence-corrected chi connectivity index (χ3v) is 3.53. The number of aliphatic hydroxyl groups is 1. The van der Waals surface area contributed by atoms with E-state index in [0.717, 1.165) is 0 Å². The zero-order valence-corrected chi connectivity index (χ0v) is 13.4. The first kappa shape index (κ1) is 15.8. The van der Waals surface area contributed by atoms with Gasteiger partial charge < -0.3 is 19.5 Å². The molecular weight excluding hydrogens is 302 g/mol. The number of nitrogens with zero attached hydrogens (tertiary/aromatic N) is 4. The Morgan fingerprint density at radius 1 is 1.43 bits per heavy atom. The van der Waals surface area contributed by atoms with Crippen LogP contribution in [0.2, 0.25) is 0 Å². The van der Waals surface area contributed by atoms with Gasteiger partial charge in [-0.05, 0) is 13.8 Å². The molecule has 0 spiro atoms. The summed E-state index contributed by atoms with van der Waals surface area (Å²) >= 11 is 0. The van der Waals surface area contributed by atoms with Crippen LogP contribution in [-0.4, -0.2) is 57.6 Å². The molecule has 0 aromatic carbocycles. The van der Waals surface area contributed by atoms with E-state index in [1.807, 2.05) is 0 Å². The van der Waals surface area contributed by atoms with Crippen LogP contribution >= 0.6 is 0 Å². The standard InChI is InChI=1S/C14H19N5O4/c1-14(2)22-6-8(23-14)10(20)7-5-15-11-9(16-7)12(21)18-13(17-11)19(3)4/h5,8,10,20H,6H2,1-4H3,(H,15,17,18,21)/t8-,10+/m1/s1. The largest absolute Gasteiger partial charge is 0.384 e. The van der Waals surface area contributed by atoms with Crippen LogP contribution in [0.5, 0.6) is 0 Å². The summed E-state index contributed by atoms with van der Waals surface area (Å²) < 4.78 is 11.0. The van der Waals surface area contributed by atoms with E-state index in [4.69, 9.17) is 9.47 Å². The van der Waals surface area contributed by atoms with E-state index in [2.05, 4.69) is 19.9 Å². The molecule has 1 saturated heterocycles. The number of nitrogens with one attached hydrogen (secondary N) is 1. The first-order valence-electron chi connectivity index (χ1n) is 7.21. The van der Waals surface area contributed by atoms with Crippen molar-refractivity contribution in [1.29, 1.82) is 0 Å². The monoisotopic (exact) mass is 321 g/mol. The Labute approximate surface area is 132 Å². The summed E-state index contributed by atoms with van der Waals surface area (Å²) in [6.45, 7) is 3.77. The number of fused-ring (bicyclic) bond motifs is 1. The average Bonchev–Trinajstić information content (AvgIpc) is 2.86. The van der Waals surface area contributed by atoms with Crippen LogP contribution in [0, 0.1) is 0 Å². The van der Waals surface area contributed by atoms with E-state index in [1.165, 1.54) is 6.20 Å². The van der Waals surface area contributed by atoms with Gasteiger partial charge in [0, 0.05) is 14.1 Å². The molecule has 3 heterocycles. The summed E-state index contributed by atoms with van der Waals surface area (Å²) in [6, 6.07) is 0. The maximum atomic E-state index is 12.1. The van der Waals surface area contributed by atoms with Crippen LogP contribution in [0.15, 0.2) is 11.0 Å². The normalized spacial score (nSPS) is 21.5. The molecule has 9 heteroatoms. The molecule has 2 aromatic rings. The molecule has 23 heavy (non-hydrogen) atoms. The van der Waals surface area contributed by atoms with Crippen LogP contribution in [-0.2, 0) is 9.47 Å². The van der Waals surface area contributed by atoms with Gasteiger partial charge in [0.05, 0.1) is 18.5 Å². The fourth-order valence-electron chi connectivity index (χ4n) is 2.34. The lowest BCUT2D eigenvalue weighted by atomic mass is 10.1. The third kappa shape index (κ3) is 3.03. The van der Waals surface area contributed by atoms with Crippen molar-refractivity contribution >= 4 is 17.1 Å². The van der Waals surface area contributed by atoms with Crippen molar-refractivity contribution in [1.82, 2.24) is 19.9 Å². The van der Waals surface area contributed by atoms with Gasteiger partial charge >= 0.3 is 0 Å². The van der Waals surface area contributed by atoms with Gasteiger partial charge in [0.25, 0.3) is 5.56 Å². The Kier molecular flexibility index (Phi) is 3.78. The molecule has 0 amide bonds. The minimum atomic E-state index is -1.04. The molecule has 1 aliphatic rings. The molecule has 2 atom stereocenters. The molecule has 0 radical (unpaired) electrons. The summed E-state index contributed by atoms with van der Waals surface area (Å²) in [4.78, 5) is 29.0. The van der Waals surface area contributed by atoms with Crippen molar-refractivity contribution in [3.8, 4) is 0 Å². The minimum absolute atomic E-state index is 0.0744. The van der Waals surface area contributed by atoms with Gasteiger partial charge in [-0.25, -0.2) is 9.97 Å². The van der Waals surface area contributed by atoms with Gasteiger partial charge in [0.1, 0.15) is 12.2 Å². The highest BCUT2D eigenvalue weighted by Gasteiger charge is 2.38. The number of hydrogen-bond acceptors (Lipinski definition) is 8. The zero-order chi connectivity index (χ0) is 16.8. The summed E-state index contributed by atoms with van der Waals surface area (Å²) in [5, 5.41) is 10.4. The molecule has 2 aromatic heterocycles. The number of rotatable bonds is 3. The molecule has 3 rings (SSSR count). The predicted molar refractivity (Wildman–Crippen MR) is 82.1 cm³/mol. The molecule has 0 bridgehead atoms. The van der Waals surface area contributed by atoms with Crippen LogP contribution in [0.3, 0.4) is 0 Å². The van der Waals surface area contributed by atoms with Crippen molar-refractivity contribution in [3.05, 3.63) is 22.2 Å². The quantitative estimate of drug-likeness (QED) is 0.810. The lowest BCUT2D eigenvalue weighted by Gasteiger charge is -2.20. The Balaban J connectivity index is 1.96. The maximum absolute atomic E-state index is 12.1. The number of aliphatic hydroxyl groups excluding tert-OH is 1. The number of anilines is 1. The summed E-state index contributed by atoms with van der Waals surface area (Å²) in [5.74, 6) is -0.366. The van der Waals surface area contributed by atoms with Gasteiger partial charge in [0.2, 0.25) is 5.95 Å². The Bertz CT molecular complexity index is 788. The van der Waals surface area contributed by atoms with Gasteiger partial charge in [-0.3, -0.25) is 9.78 Å². The van der Waals surface area contributed by atoms with Gasteiger partial charge in [-0.1, -0.05) is 0 Å². The third-order valence-electron chi connectivity index (χ3n) is 3.53. The van der Waals surface area contributed by atoms with Crippen molar-refractivity contribution in [2.75, 3.05) is 25.6 Å². The van der Waals surface area contributed by atoms with Gasteiger partial charge in [-0.15, -0.1) is 0 Å². The summed E-state index contributed by atoms with van der Waals surface area (Å²) in [5.41, 5.74) is 0.125. The van der Waals surface area contributed by atoms with E-state index < -0.39 is 23.6 Å². The van der Waals surface area contributed by atoms with E-state index >= 15 is 0 Å². The second-order valence-electron chi connectivity index (χ2n) is 6.06. The maximum Gasteiger partial charge on any atom is 0.280 e. The topological polar surface area (TPSA) is 113 Å². The molecule has 0 aliphatic carbocycles. The molecule has 0 unspecified atom stereocenters. The first-order valence-corrected chi connectivity index (χ1v) is 7.21. The van der Waals surface area contributed by atoms with Crippen molar-refractivity contribution in [2.24, 2.45) is 0 Å². The molecule has 9 nitrogen and oxygen atoms in total. The second-order valence-corrected chi connectivity index (χ2v) is 6.06. The van der Waals surface area contributed by atoms with Crippen LogP contribution < -0.4 is 10.5 Å². The van der Waals surface area contributed by atoms with E-state index in [-0.39, 0.29) is 23.5 Å². The van der Waals surface area contributed by atoms with Crippen LogP contribution in [0.25, 0.3) is 11.2 Å². The van der Waals surface area contributed by atoms with Gasteiger partial charge in [0.15, 0.2) is 17.0 Å². The number of H-pyrrole nitrogens is 1. The van der Waals surface area contributed by atoms with Crippen LogP contribution in [0.4, 0.5) is 5.95 Å². The first-order chi connectivity index (χ1) is 10.8. The molecule has 2 N–H and O–H groups in total. The molecule has 124 valence electrons. The molecular formula is C14H19N5O4. The van der Waals surface area contributed by atoms with Gasteiger partial charge in [-0.2, -0.15) is 4.98 Å². The summed E-state index contributed by atoms with van der Waals surface area (Å²) in [6.07, 6.45) is -0.209. The smallest absolute Gasteiger partial charge is 0.280 e. The number of hydrogen-bond donors (Lipinski definition) is 2. The Hall–Kier alpha value is -2.10. The van der Waals surface area contributed by atoms with Crippen molar-refractivity contribution in [2.45, 2.75) is 31.8 Å². The Morgan fingerprint density at radius 3 is 2.78 bits per heavy atom. The zero-order valence-electron chi connectivity index (χ0n) is 13.4. The fourth-order valence-corrected chi connectivity index (χ4v) is 2.34. The highest BCUT2D eigenvalue weighted by atomic mass is 16.7. The molecule has 1 aliphatic heterocycles. The summed E-state index contributed by atoms with van der Waals surface area (Å²) in [7, 11) is 3.52. The highest BCUT2D eigenvalue weighted by Crippen LogP contribution is 2.29. The Morgan fingerprint density at radius 2 is 2.17 bits per heavy atom. The number of aromatic amines is 1. The highest BCUT2D eigenvalue weighted by molar-refractivity contribution is 5.69. The lowest BCUT2D eigenvalue weighted by molar-refractivity contribution is -0.151. The molecule has 0 saturated carbocycles. The number of ether oxygens (including phenoxy) is 2. The SMILES string of the molecule is CN(C)c1nc2ncc([C@H](O)[C@H]3COC(C)(C)O3)nc2c(=O)[nH]1. The minimum Gasteiger partial charge on any atom is -0.384 e.